The number of hydrogen-bond acceptors (Lipinski definition) is 2. The molecular weight excluding hydrogens is 422 g/mol. The summed E-state index contributed by atoms with van der Waals surface area (Å²) in [5.74, 6) is 0.662. The van der Waals surface area contributed by atoms with E-state index in [-0.39, 0.29) is 17.0 Å². The van der Waals surface area contributed by atoms with E-state index in [0.717, 1.165) is 24.2 Å². The van der Waals surface area contributed by atoms with E-state index in [1.165, 1.54) is 11.6 Å². The first kappa shape index (κ1) is 26.4. The predicted octanol–water partition coefficient (Wildman–Crippen LogP) is 7.29. The van der Waals surface area contributed by atoms with E-state index in [1.54, 1.807) is 4.90 Å². The second kappa shape index (κ2) is 11.8. The average molecular weight is 462 g/mol. The van der Waals surface area contributed by atoms with Gasteiger partial charge < -0.3 is 9.33 Å². The summed E-state index contributed by atoms with van der Waals surface area (Å²) < 4.78 is 6.81. The first-order chi connectivity index (χ1) is 15.6. The molecule has 0 saturated carbocycles. The fourth-order valence-electron chi connectivity index (χ4n) is 3.30. The van der Waals surface area contributed by atoms with E-state index in [0.29, 0.717) is 6.54 Å². The minimum atomic E-state index is -2.14. The summed E-state index contributed by atoms with van der Waals surface area (Å²) in [5.41, 5.74) is 2.33. The molecule has 0 aliphatic carbocycles. The van der Waals surface area contributed by atoms with Crippen LogP contribution in [0.15, 0.2) is 97.8 Å². The Balaban J connectivity index is 2.41. The van der Waals surface area contributed by atoms with Gasteiger partial charge in [0, 0.05) is 6.54 Å². The van der Waals surface area contributed by atoms with Gasteiger partial charge in [0.05, 0.1) is 0 Å². The van der Waals surface area contributed by atoms with Crippen LogP contribution < -0.4 is 0 Å². The first-order valence-electron chi connectivity index (χ1n) is 11.6. The number of benzene rings is 2. The number of rotatable bonds is 11. The maximum atomic E-state index is 13.0. The van der Waals surface area contributed by atoms with Crippen LogP contribution in [0.1, 0.15) is 38.3 Å². The zero-order valence-corrected chi connectivity index (χ0v) is 21.9. The fourth-order valence-corrected chi connectivity index (χ4v) is 4.40. The molecule has 0 unspecified atom stereocenters. The molecule has 2 aromatic carbocycles. The Labute approximate surface area is 201 Å². The van der Waals surface area contributed by atoms with E-state index in [9.17, 15) is 4.79 Å². The van der Waals surface area contributed by atoms with Gasteiger partial charge in [0.1, 0.15) is 11.8 Å². The van der Waals surface area contributed by atoms with Crippen LogP contribution in [0, 0.1) is 0 Å². The lowest BCUT2D eigenvalue weighted by Gasteiger charge is -2.40. The minimum Gasteiger partial charge on any atom is -0.545 e. The number of amides is 1. The van der Waals surface area contributed by atoms with Crippen molar-refractivity contribution in [3.63, 3.8) is 0 Å². The van der Waals surface area contributed by atoms with Gasteiger partial charge >= 0.3 is 0 Å². The fraction of sp³-hybridized carbons (Fsp3) is 0.345. The SMILES string of the molecule is C=CC(=O)N(Cc1ccccc1)[C@@H](C=C)/C(=C/CCc1ccccc1)O[Si](C)(C)C(C)(C)C. The Bertz CT molecular complexity index is 943. The number of nitrogens with zero attached hydrogens (tertiary/aromatic N) is 1. The summed E-state index contributed by atoms with van der Waals surface area (Å²) >= 11 is 0. The lowest BCUT2D eigenvalue weighted by Crippen LogP contribution is -2.45. The average Bonchev–Trinajstić information content (AvgIpc) is 2.78. The van der Waals surface area contributed by atoms with Gasteiger partial charge in [-0.05, 0) is 54.3 Å². The summed E-state index contributed by atoms with van der Waals surface area (Å²) in [5, 5.41) is 0.0317. The van der Waals surface area contributed by atoms with Gasteiger partial charge in [-0.3, -0.25) is 4.79 Å². The maximum absolute atomic E-state index is 13.0. The largest absolute Gasteiger partial charge is 0.545 e. The second-order valence-corrected chi connectivity index (χ2v) is 14.6. The zero-order valence-electron chi connectivity index (χ0n) is 20.9. The molecule has 0 saturated heterocycles. The first-order valence-corrected chi connectivity index (χ1v) is 14.5. The van der Waals surface area contributed by atoms with Gasteiger partial charge in [0.15, 0.2) is 0 Å². The highest BCUT2D eigenvalue weighted by molar-refractivity contribution is 6.74. The molecule has 0 heterocycles. The van der Waals surface area contributed by atoms with Gasteiger partial charge in [0.2, 0.25) is 14.2 Å². The van der Waals surface area contributed by atoms with Gasteiger partial charge in [0.25, 0.3) is 0 Å². The molecule has 3 nitrogen and oxygen atoms in total. The number of allylic oxidation sites excluding steroid dienone is 1. The van der Waals surface area contributed by atoms with E-state index < -0.39 is 8.32 Å². The van der Waals surface area contributed by atoms with Crippen molar-refractivity contribution in [2.45, 2.75) is 64.3 Å². The molecule has 0 radical (unpaired) electrons. The van der Waals surface area contributed by atoms with Gasteiger partial charge in [-0.15, -0.1) is 6.58 Å². The number of carbonyl (C=O) groups excluding carboxylic acids is 1. The van der Waals surface area contributed by atoms with E-state index in [4.69, 9.17) is 4.43 Å². The van der Waals surface area contributed by atoms with Gasteiger partial charge in [-0.2, -0.15) is 0 Å². The Hall–Kier alpha value is -2.85. The maximum Gasteiger partial charge on any atom is 0.250 e. The van der Waals surface area contributed by atoms with Crippen molar-refractivity contribution in [1.82, 2.24) is 4.90 Å². The van der Waals surface area contributed by atoms with Crippen LogP contribution in [0.2, 0.25) is 18.1 Å². The van der Waals surface area contributed by atoms with Crippen LogP contribution in [0.25, 0.3) is 0 Å². The van der Waals surface area contributed by atoms with Gasteiger partial charge in [-0.1, -0.05) is 94.1 Å². The van der Waals surface area contributed by atoms with Crippen LogP contribution >= 0.6 is 0 Å². The Kier molecular flexibility index (Phi) is 9.48. The van der Waals surface area contributed by atoms with Crippen LogP contribution in [0.3, 0.4) is 0 Å². The van der Waals surface area contributed by atoms with Crippen LogP contribution in [0.5, 0.6) is 0 Å². The number of aryl methyl sites for hydroxylation is 1. The smallest absolute Gasteiger partial charge is 0.250 e. The van der Waals surface area contributed by atoms with Crippen molar-refractivity contribution in [3.05, 3.63) is 109 Å². The standard InChI is InChI=1S/C29H39NO2Si/c1-8-26(30(28(31)9-2)23-25-19-14-11-15-20-25)27(32-33(6,7)29(3,4)5)22-16-21-24-17-12-10-13-18-24/h8-15,17-20,22,26H,1-2,16,21,23H2,3-7H3/b27-22-/t26-/m0/s1. The third-order valence-corrected chi connectivity index (χ3v) is 10.7. The Morgan fingerprint density at radius 3 is 2.03 bits per heavy atom. The lowest BCUT2D eigenvalue weighted by molar-refractivity contribution is -0.127. The molecule has 0 fully saturated rings. The minimum absolute atomic E-state index is 0.0317. The highest BCUT2D eigenvalue weighted by Crippen LogP contribution is 2.39. The van der Waals surface area contributed by atoms with Crippen molar-refractivity contribution >= 4 is 14.2 Å². The van der Waals surface area contributed by atoms with E-state index >= 15 is 0 Å². The van der Waals surface area contributed by atoms with Crippen molar-refractivity contribution in [3.8, 4) is 0 Å². The molecule has 0 N–H and O–H groups in total. The van der Waals surface area contributed by atoms with Crippen molar-refractivity contribution in [1.29, 1.82) is 0 Å². The molecule has 0 bridgehead atoms. The molecule has 2 aromatic rings. The summed E-state index contributed by atoms with van der Waals surface area (Å²) in [6.45, 7) is 19.4. The number of hydrogen-bond donors (Lipinski definition) is 0. The summed E-state index contributed by atoms with van der Waals surface area (Å²) in [7, 11) is -2.14. The molecule has 33 heavy (non-hydrogen) atoms. The molecule has 1 amide bonds. The molecule has 0 aliphatic rings. The third-order valence-electron chi connectivity index (χ3n) is 6.30. The monoisotopic (exact) mass is 461 g/mol. The quantitative estimate of drug-likeness (QED) is 0.152. The Morgan fingerprint density at radius 2 is 1.55 bits per heavy atom. The normalized spacial score (nSPS) is 13.2. The van der Waals surface area contributed by atoms with Crippen molar-refractivity contribution < 1.29 is 9.22 Å². The summed E-state index contributed by atoms with van der Waals surface area (Å²) in [4.78, 5) is 14.8. The predicted molar refractivity (Wildman–Crippen MR) is 142 cm³/mol. The highest BCUT2D eigenvalue weighted by atomic mass is 28.4. The molecule has 4 heteroatoms. The molecule has 176 valence electrons. The second-order valence-electron chi connectivity index (χ2n) is 9.83. The highest BCUT2D eigenvalue weighted by Gasteiger charge is 2.41. The van der Waals surface area contributed by atoms with Crippen molar-refractivity contribution in [2.24, 2.45) is 0 Å². The molecule has 2 rings (SSSR count). The van der Waals surface area contributed by atoms with Crippen LogP contribution in [-0.2, 0) is 22.2 Å². The van der Waals surface area contributed by atoms with Crippen LogP contribution in [-0.4, -0.2) is 25.2 Å². The molecule has 0 aromatic heterocycles. The molecule has 0 spiro atoms. The molecule has 0 aliphatic heterocycles. The summed E-state index contributed by atoms with van der Waals surface area (Å²) in [6.07, 6.45) is 7.05. The topological polar surface area (TPSA) is 29.5 Å². The lowest BCUT2D eigenvalue weighted by atomic mass is 10.1. The Morgan fingerprint density at radius 1 is 1.00 bits per heavy atom. The molecular formula is C29H39NO2Si. The van der Waals surface area contributed by atoms with Gasteiger partial charge in [-0.25, -0.2) is 0 Å². The van der Waals surface area contributed by atoms with Crippen LogP contribution in [0.4, 0.5) is 0 Å². The molecule has 1 atom stereocenters. The van der Waals surface area contributed by atoms with E-state index in [2.05, 4.69) is 77.4 Å². The number of carbonyl (C=O) groups is 1. The van der Waals surface area contributed by atoms with Crippen molar-refractivity contribution in [2.75, 3.05) is 0 Å². The zero-order chi connectivity index (χ0) is 24.5. The third kappa shape index (κ3) is 7.60. The van der Waals surface area contributed by atoms with E-state index in [1.807, 2.05) is 42.5 Å². The summed E-state index contributed by atoms with van der Waals surface area (Å²) in [6, 6.07) is 20.0.